The van der Waals surface area contributed by atoms with Crippen molar-refractivity contribution in [2.24, 2.45) is 0 Å². The molecule has 0 spiro atoms. The van der Waals surface area contributed by atoms with Crippen molar-refractivity contribution in [3.8, 4) is 0 Å². The highest BCUT2D eigenvalue weighted by atomic mass is 32.2. The van der Waals surface area contributed by atoms with Crippen molar-refractivity contribution in [3.63, 3.8) is 0 Å². The summed E-state index contributed by atoms with van der Waals surface area (Å²) < 4.78 is 28.3. The number of rotatable bonds is 5. The zero-order valence-corrected chi connectivity index (χ0v) is 16.9. The van der Waals surface area contributed by atoms with Gasteiger partial charge in [-0.25, -0.2) is 17.9 Å². The molecule has 2 aromatic rings. The van der Waals surface area contributed by atoms with Crippen molar-refractivity contribution < 1.29 is 13.2 Å². The Bertz CT molecular complexity index is 1130. The van der Waals surface area contributed by atoms with Gasteiger partial charge in [-0.1, -0.05) is 0 Å². The zero-order valence-electron chi connectivity index (χ0n) is 16.1. The van der Waals surface area contributed by atoms with Gasteiger partial charge < -0.3 is 9.88 Å². The van der Waals surface area contributed by atoms with Crippen LogP contribution in [0.25, 0.3) is 10.9 Å². The van der Waals surface area contributed by atoms with E-state index >= 15 is 0 Å². The molecular weight excluding hydrogens is 384 g/mol. The normalized spacial score (nSPS) is 17.6. The first-order valence-electron chi connectivity index (χ1n) is 9.21. The van der Waals surface area contributed by atoms with E-state index in [-0.39, 0.29) is 30.6 Å². The molecule has 2 heterocycles. The van der Waals surface area contributed by atoms with Crippen molar-refractivity contribution in [3.05, 3.63) is 44.6 Å². The Kier molecular flexibility index (Phi) is 5.44. The van der Waals surface area contributed by atoms with Crippen LogP contribution in [0.1, 0.15) is 37.6 Å². The number of nitrogens with one attached hydrogen (secondary N) is 2. The molecule has 2 N–H and O–H groups in total. The van der Waals surface area contributed by atoms with Crippen molar-refractivity contribution in [1.82, 2.24) is 19.2 Å². The van der Waals surface area contributed by atoms with Crippen LogP contribution >= 0.6 is 0 Å². The van der Waals surface area contributed by atoms with Crippen LogP contribution in [0.15, 0.2) is 27.8 Å². The van der Waals surface area contributed by atoms with Gasteiger partial charge in [0.2, 0.25) is 10.0 Å². The van der Waals surface area contributed by atoms with E-state index in [0.717, 1.165) is 4.57 Å². The van der Waals surface area contributed by atoms with Crippen LogP contribution in [0.4, 0.5) is 0 Å². The number of aromatic nitrogens is 2. The first-order valence-corrected chi connectivity index (χ1v) is 10.8. The van der Waals surface area contributed by atoms with Crippen LogP contribution in [0.2, 0.25) is 0 Å². The minimum absolute atomic E-state index is 0.104. The predicted molar refractivity (Wildman–Crippen MR) is 106 cm³/mol. The van der Waals surface area contributed by atoms with Crippen LogP contribution in [-0.2, 0) is 16.6 Å². The topological polar surface area (TPSA) is 121 Å². The molecule has 0 aliphatic carbocycles. The first kappa shape index (κ1) is 20.3. The fourth-order valence-electron chi connectivity index (χ4n) is 3.45. The number of hydrogen-bond donors (Lipinski definition) is 2. The number of carbonyl (C=O) groups is 1. The predicted octanol–water partition coefficient (Wildman–Crippen LogP) is 0.252. The number of amides is 1. The van der Waals surface area contributed by atoms with E-state index in [1.165, 1.54) is 23.1 Å². The molecule has 0 bridgehead atoms. The molecule has 0 unspecified atom stereocenters. The monoisotopic (exact) mass is 408 g/mol. The molecule has 1 saturated heterocycles. The summed E-state index contributed by atoms with van der Waals surface area (Å²) in [6.07, 6.45) is 0.361. The second kappa shape index (κ2) is 7.51. The van der Waals surface area contributed by atoms with Gasteiger partial charge in [-0.15, -0.1) is 0 Å². The van der Waals surface area contributed by atoms with Crippen LogP contribution in [0.3, 0.4) is 0 Å². The number of H-pyrrole nitrogens is 1. The number of carbonyl (C=O) groups excluding carboxylic acids is 1. The van der Waals surface area contributed by atoms with Gasteiger partial charge in [0.25, 0.3) is 11.5 Å². The fraction of sp³-hybridized carbons (Fsp3) is 0.500. The van der Waals surface area contributed by atoms with Crippen molar-refractivity contribution >= 4 is 26.8 Å². The average molecular weight is 408 g/mol. The van der Waals surface area contributed by atoms with E-state index in [0.29, 0.717) is 23.9 Å². The summed E-state index contributed by atoms with van der Waals surface area (Å²) in [7, 11) is -3.50. The highest BCUT2D eigenvalue weighted by molar-refractivity contribution is 7.90. The molecule has 1 aliphatic rings. The minimum atomic E-state index is -3.50. The molecule has 0 radical (unpaired) electrons. The van der Waals surface area contributed by atoms with Crippen LogP contribution in [0, 0.1) is 0 Å². The molecule has 1 aromatic carbocycles. The SMILES string of the molecule is CCn1c(=O)[nH]c2cc(C(=O)N3CC[C@H](S(=O)(=O)NC(C)C)C3)ccc2c1=O. The maximum atomic E-state index is 12.8. The third-order valence-corrected chi connectivity index (χ3v) is 6.88. The summed E-state index contributed by atoms with van der Waals surface area (Å²) >= 11 is 0. The number of fused-ring (bicyclic) bond motifs is 1. The number of nitrogens with zero attached hydrogens (tertiary/aromatic N) is 2. The molecule has 3 rings (SSSR count). The Morgan fingerprint density at radius 1 is 1.32 bits per heavy atom. The largest absolute Gasteiger partial charge is 0.337 e. The molecule has 28 heavy (non-hydrogen) atoms. The molecular formula is C18H24N4O5S. The van der Waals surface area contributed by atoms with Gasteiger partial charge >= 0.3 is 5.69 Å². The fourth-order valence-corrected chi connectivity index (χ4v) is 5.09. The smallest absolute Gasteiger partial charge is 0.328 e. The van der Waals surface area contributed by atoms with Crippen LogP contribution in [0.5, 0.6) is 0 Å². The Hall–Kier alpha value is -2.46. The Labute approximate surface area is 162 Å². The summed E-state index contributed by atoms with van der Waals surface area (Å²) in [5.74, 6) is -0.329. The van der Waals surface area contributed by atoms with Gasteiger partial charge in [0.15, 0.2) is 0 Å². The van der Waals surface area contributed by atoms with E-state index in [4.69, 9.17) is 0 Å². The second-order valence-electron chi connectivity index (χ2n) is 7.22. The molecule has 1 atom stereocenters. The molecule has 1 aliphatic heterocycles. The average Bonchev–Trinajstić information content (AvgIpc) is 3.11. The van der Waals surface area contributed by atoms with Crippen molar-refractivity contribution in [1.29, 1.82) is 0 Å². The lowest BCUT2D eigenvalue weighted by Gasteiger charge is -2.18. The van der Waals surface area contributed by atoms with Crippen LogP contribution in [-0.4, -0.2) is 53.2 Å². The summed E-state index contributed by atoms with van der Waals surface area (Å²) in [4.78, 5) is 41.3. The van der Waals surface area contributed by atoms with E-state index < -0.39 is 26.5 Å². The maximum absolute atomic E-state index is 12.8. The standard InChI is InChI=1S/C18H24N4O5S/c1-4-22-17(24)14-6-5-12(9-15(14)19-18(22)25)16(23)21-8-7-13(10-21)28(26,27)20-11(2)3/h5-6,9,11,13,20H,4,7-8,10H2,1-3H3,(H,19,25)/t13-/m0/s1. The highest BCUT2D eigenvalue weighted by Crippen LogP contribution is 2.20. The second-order valence-corrected chi connectivity index (χ2v) is 9.21. The molecule has 152 valence electrons. The third-order valence-electron chi connectivity index (χ3n) is 4.82. The molecule has 9 nitrogen and oxygen atoms in total. The van der Waals surface area contributed by atoms with Crippen molar-refractivity contribution in [2.45, 2.75) is 45.0 Å². The van der Waals surface area contributed by atoms with E-state index in [1.807, 2.05) is 0 Å². The van der Waals surface area contributed by atoms with Gasteiger partial charge in [0, 0.05) is 31.2 Å². The highest BCUT2D eigenvalue weighted by Gasteiger charge is 2.35. The maximum Gasteiger partial charge on any atom is 0.328 e. The van der Waals surface area contributed by atoms with E-state index in [2.05, 4.69) is 9.71 Å². The number of benzene rings is 1. The van der Waals surface area contributed by atoms with Crippen LogP contribution < -0.4 is 16.0 Å². The van der Waals surface area contributed by atoms with E-state index in [9.17, 15) is 22.8 Å². The van der Waals surface area contributed by atoms with Crippen molar-refractivity contribution in [2.75, 3.05) is 13.1 Å². The van der Waals surface area contributed by atoms with Gasteiger partial charge in [0.05, 0.1) is 16.2 Å². The Morgan fingerprint density at radius 2 is 2.04 bits per heavy atom. The molecule has 0 saturated carbocycles. The first-order chi connectivity index (χ1) is 13.1. The lowest BCUT2D eigenvalue weighted by atomic mass is 10.1. The third kappa shape index (κ3) is 3.74. The summed E-state index contributed by atoms with van der Waals surface area (Å²) in [5.41, 5.74) is -0.355. The number of sulfonamides is 1. The number of hydrogen-bond acceptors (Lipinski definition) is 5. The van der Waals surface area contributed by atoms with Gasteiger partial charge in [-0.3, -0.25) is 14.2 Å². The summed E-state index contributed by atoms with van der Waals surface area (Å²) in [5, 5.41) is -0.336. The van der Waals surface area contributed by atoms with Gasteiger partial charge in [-0.2, -0.15) is 0 Å². The molecule has 1 aromatic heterocycles. The molecule has 10 heteroatoms. The summed E-state index contributed by atoms with van der Waals surface area (Å²) in [6, 6.07) is 4.30. The van der Waals surface area contributed by atoms with Gasteiger partial charge in [-0.05, 0) is 45.4 Å². The Morgan fingerprint density at radius 3 is 2.68 bits per heavy atom. The zero-order chi connectivity index (χ0) is 20.6. The summed E-state index contributed by atoms with van der Waals surface area (Å²) in [6.45, 7) is 5.88. The van der Waals surface area contributed by atoms with Gasteiger partial charge in [0.1, 0.15) is 0 Å². The molecule has 1 fully saturated rings. The Balaban J connectivity index is 1.87. The quantitative estimate of drug-likeness (QED) is 0.735. The lowest BCUT2D eigenvalue weighted by Crippen LogP contribution is -2.40. The number of aromatic amines is 1. The molecule has 1 amide bonds. The number of likely N-dealkylation sites (tertiary alicyclic amines) is 1. The van der Waals surface area contributed by atoms with E-state index in [1.54, 1.807) is 20.8 Å². The minimum Gasteiger partial charge on any atom is -0.337 e. The lowest BCUT2D eigenvalue weighted by molar-refractivity contribution is 0.0793.